The van der Waals surface area contributed by atoms with Crippen molar-refractivity contribution >= 4 is 17.0 Å². The molecule has 3 heterocycles. The van der Waals surface area contributed by atoms with Crippen molar-refractivity contribution in [3.8, 4) is 17.6 Å². The van der Waals surface area contributed by atoms with Crippen molar-refractivity contribution in [3.05, 3.63) is 90.1 Å². The summed E-state index contributed by atoms with van der Waals surface area (Å²) in [5.74, 6) is 6.75. The van der Waals surface area contributed by atoms with Crippen LogP contribution in [0.1, 0.15) is 37.5 Å². The van der Waals surface area contributed by atoms with E-state index in [9.17, 15) is 4.79 Å². The molecule has 4 aromatic rings. The third-order valence-electron chi connectivity index (χ3n) is 5.06. The van der Waals surface area contributed by atoms with Gasteiger partial charge in [-0.05, 0) is 57.0 Å². The Morgan fingerprint density at radius 3 is 2.63 bits per heavy atom. The second-order valence-electron chi connectivity index (χ2n) is 9.11. The number of hydrogen-bond acceptors (Lipinski definition) is 5. The summed E-state index contributed by atoms with van der Waals surface area (Å²) in [7, 11) is 0. The lowest BCUT2D eigenvalue weighted by molar-refractivity contribution is 0.0488. The minimum atomic E-state index is -0.595. The lowest BCUT2D eigenvalue weighted by Crippen LogP contribution is -2.43. The maximum atomic E-state index is 12.5. The molecular weight excluding hydrogens is 440 g/mol. The van der Waals surface area contributed by atoms with Gasteiger partial charge < -0.3 is 19.8 Å². The largest absolute Gasteiger partial charge is 0.490 e. The van der Waals surface area contributed by atoms with Gasteiger partial charge in [0.15, 0.2) is 0 Å². The molecule has 0 bridgehead atoms. The number of alkyl carbamates (subject to hydrolysis) is 1. The number of H-pyrrole nitrogens is 1. The first-order valence-electron chi connectivity index (χ1n) is 11.4. The van der Waals surface area contributed by atoms with E-state index in [1.165, 1.54) is 0 Å². The number of carbonyl (C=O) groups excluding carboxylic acids is 1. The van der Waals surface area contributed by atoms with Gasteiger partial charge in [0, 0.05) is 46.8 Å². The van der Waals surface area contributed by atoms with Crippen LogP contribution < -0.4 is 10.1 Å². The molecule has 7 nitrogen and oxygen atoms in total. The minimum Gasteiger partial charge on any atom is -0.490 e. The third kappa shape index (κ3) is 7.08. The number of amides is 1. The molecule has 0 aliphatic heterocycles. The Hall–Kier alpha value is -4.31. The first-order chi connectivity index (χ1) is 16.9. The van der Waals surface area contributed by atoms with Crippen LogP contribution in [0.4, 0.5) is 4.79 Å². The van der Waals surface area contributed by atoms with Gasteiger partial charge in [-0.15, -0.1) is 0 Å². The summed E-state index contributed by atoms with van der Waals surface area (Å²) in [5.41, 5.74) is 3.13. The predicted octanol–water partition coefficient (Wildman–Crippen LogP) is 4.87. The highest BCUT2D eigenvalue weighted by Crippen LogP contribution is 2.20. The Morgan fingerprint density at radius 1 is 1.06 bits per heavy atom. The number of aromatic nitrogens is 3. The average Bonchev–Trinajstić information content (AvgIpc) is 3.24. The average molecular weight is 469 g/mol. The van der Waals surface area contributed by atoms with Crippen molar-refractivity contribution in [3.63, 3.8) is 0 Å². The van der Waals surface area contributed by atoms with E-state index in [4.69, 9.17) is 9.47 Å². The summed E-state index contributed by atoms with van der Waals surface area (Å²) in [6.45, 7) is 5.74. The molecule has 0 spiro atoms. The Balaban J connectivity index is 1.47. The maximum Gasteiger partial charge on any atom is 0.408 e. The number of pyridine rings is 2. The lowest BCUT2D eigenvalue weighted by Gasteiger charge is -2.24. The van der Waals surface area contributed by atoms with Crippen LogP contribution in [0.25, 0.3) is 10.9 Å². The summed E-state index contributed by atoms with van der Waals surface area (Å²) < 4.78 is 11.5. The molecule has 1 aromatic carbocycles. The monoisotopic (exact) mass is 468 g/mol. The van der Waals surface area contributed by atoms with Crippen LogP contribution in [-0.4, -0.2) is 39.3 Å². The van der Waals surface area contributed by atoms with Gasteiger partial charge in [-0.3, -0.25) is 9.97 Å². The van der Waals surface area contributed by atoms with Crippen LogP contribution in [0, 0.1) is 11.8 Å². The number of ether oxygens (including phenoxy) is 2. The fraction of sp³-hybridized carbons (Fsp3) is 0.250. The number of nitrogens with one attached hydrogen (secondary N) is 2. The number of hydrogen-bond donors (Lipinski definition) is 2. The molecule has 178 valence electrons. The van der Waals surface area contributed by atoms with E-state index in [1.807, 2.05) is 63.4 Å². The lowest BCUT2D eigenvalue weighted by atomic mass is 10.1. The molecule has 0 saturated carbocycles. The normalized spacial score (nSPS) is 11.9. The molecule has 2 N–H and O–H groups in total. The molecule has 1 atom stereocenters. The van der Waals surface area contributed by atoms with Gasteiger partial charge in [-0.1, -0.05) is 30.0 Å². The Kier molecular flexibility index (Phi) is 7.32. The van der Waals surface area contributed by atoms with Gasteiger partial charge in [-0.2, -0.15) is 0 Å². The van der Waals surface area contributed by atoms with Crippen LogP contribution in [0.3, 0.4) is 0 Å². The molecule has 0 aliphatic rings. The Bertz CT molecular complexity index is 1350. The summed E-state index contributed by atoms with van der Waals surface area (Å²) in [6, 6.07) is 13.3. The van der Waals surface area contributed by atoms with Gasteiger partial charge in [0.2, 0.25) is 0 Å². The fourth-order valence-corrected chi connectivity index (χ4v) is 3.53. The van der Waals surface area contributed by atoms with E-state index in [1.54, 1.807) is 24.8 Å². The number of nitrogens with zero attached hydrogens (tertiary/aromatic N) is 2. The summed E-state index contributed by atoms with van der Waals surface area (Å²) >= 11 is 0. The van der Waals surface area contributed by atoms with Crippen LogP contribution in [0.2, 0.25) is 0 Å². The molecule has 0 saturated heterocycles. The van der Waals surface area contributed by atoms with Crippen molar-refractivity contribution in [2.45, 2.75) is 38.8 Å². The van der Waals surface area contributed by atoms with E-state index in [0.717, 1.165) is 27.6 Å². The number of carbonyl (C=O) groups is 1. The number of aromatic amines is 1. The molecule has 0 unspecified atom stereocenters. The molecule has 3 aromatic heterocycles. The Morgan fingerprint density at radius 2 is 1.83 bits per heavy atom. The van der Waals surface area contributed by atoms with E-state index in [2.05, 4.69) is 38.2 Å². The van der Waals surface area contributed by atoms with Crippen molar-refractivity contribution in [2.24, 2.45) is 0 Å². The zero-order chi connectivity index (χ0) is 24.7. The van der Waals surface area contributed by atoms with E-state index >= 15 is 0 Å². The highest BCUT2D eigenvalue weighted by Gasteiger charge is 2.21. The van der Waals surface area contributed by atoms with Crippen molar-refractivity contribution in [2.75, 3.05) is 6.61 Å². The second-order valence-corrected chi connectivity index (χ2v) is 9.11. The van der Waals surface area contributed by atoms with Crippen LogP contribution >= 0.6 is 0 Å². The number of rotatable bonds is 6. The molecule has 1 amide bonds. The van der Waals surface area contributed by atoms with Gasteiger partial charge in [0.1, 0.15) is 18.0 Å². The van der Waals surface area contributed by atoms with Gasteiger partial charge in [-0.25, -0.2) is 4.79 Å². The fourth-order valence-electron chi connectivity index (χ4n) is 3.53. The van der Waals surface area contributed by atoms with Crippen LogP contribution in [-0.2, 0) is 11.2 Å². The molecule has 7 heteroatoms. The number of benzene rings is 1. The number of para-hydroxylation sites is 1. The van der Waals surface area contributed by atoms with E-state index < -0.39 is 11.7 Å². The van der Waals surface area contributed by atoms with Crippen LogP contribution in [0.5, 0.6) is 5.75 Å². The highest BCUT2D eigenvalue weighted by atomic mass is 16.6. The van der Waals surface area contributed by atoms with Crippen molar-refractivity contribution in [1.29, 1.82) is 0 Å². The quantitative estimate of drug-likeness (QED) is 0.394. The predicted molar refractivity (Wildman–Crippen MR) is 135 cm³/mol. The molecule has 35 heavy (non-hydrogen) atoms. The zero-order valence-corrected chi connectivity index (χ0v) is 20.0. The summed E-state index contributed by atoms with van der Waals surface area (Å²) in [4.78, 5) is 24.0. The topological polar surface area (TPSA) is 89.1 Å². The molecule has 0 aliphatic carbocycles. The summed E-state index contributed by atoms with van der Waals surface area (Å²) in [5, 5.41) is 4.06. The first-order valence-corrected chi connectivity index (χ1v) is 11.4. The van der Waals surface area contributed by atoms with Crippen LogP contribution in [0.15, 0.2) is 73.4 Å². The molecular formula is C28H28N4O3. The number of fused-ring (bicyclic) bond motifs is 1. The SMILES string of the molecule is CC(C)(C)OC(=O)N[C@H](COc1cncc(C#Cc2ccncc2)c1)Cc1c[nH]c2ccccc12. The first kappa shape index (κ1) is 23.8. The van der Waals surface area contributed by atoms with Gasteiger partial charge in [0.05, 0.1) is 12.2 Å². The molecule has 0 fully saturated rings. The molecule has 0 radical (unpaired) electrons. The standard InChI is InChI=1S/C28H28N4O3/c1-28(2,3)35-27(33)32-23(15-22-17-31-26-7-5-4-6-25(22)26)19-34-24-14-21(16-30-18-24)9-8-20-10-12-29-13-11-20/h4-7,10-14,16-18,23,31H,15,19H2,1-3H3,(H,32,33)/t23-/m0/s1. The minimum absolute atomic E-state index is 0.238. The van der Waals surface area contributed by atoms with E-state index in [0.29, 0.717) is 12.2 Å². The Labute approximate surface area is 204 Å². The smallest absolute Gasteiger partial charge is 0.408 e. The van der Waals surface area contributed by atoms with E-state index in [-0.39, 0.29) is 12.6 Å². The third-order valence-corrected chi connectivity index (χ3v) is 5.06. The van der Waals surface area contributed by atoms with Crippen molar-refractivity contribution < 1.29 is 14.3 Å². The van der Waals surface area contributed by atoms with Crippen molar-refractivity contribution in [1.82, 2.24) is 20.3 Å². The zero-order valence-electron chi connectivity index (χ0n) is 20.0. The van der Waals surface area contributed by atoms with Gasteiger partial charge in [0.25, 0.3) is 0 Å². The second kappa shape index (κ2) is 10.7. The summed E-state index contributed by atoms with van der Waals surface area (Å²) in [6.07, 6.45) is 8.77. The van der Waals surface area contributed by atoms with Gasteiger partial charge >= 0.3 is 6.09 Å². The molecule has 4 rings (SSSR count). The highest BCUT2D eigenvalue weighted by molar-refractivity contribution is 5.83. The maximum absolute atomic E-state index is 12.5.